The van der Waals surface area contributed by atoms with E-state index in [1.807, 2.05) is 19.9 Å². The van der Waals surface area contributed by atoms with Gasteiger partial charge in [-0.25, -0.2) is 0 Å². The van der Waals surface area contributed by atoms with Crippen molar-refractivity contribution < 1.29 is 9.53 Å². The lowest BCUT2D eigenvalue weighted by Crippen LogP contribution is -2.07. The molecule has 17 heavy (non-hydrogen) atoms. The van der Waals surface area contributed by atoms with Crippen LogP contribution in [0.5, 0.6) is 0 Å². The van der Waals surface area contributed by atoms with Gasteiger partial charge in [0, 0.05) is 6.42 Å². The maximum Gasteiger partial charge on any atom is 0.306 e. The van der Waals surface area contributed by atoms with Gasteiger partial charge in [-0.05, 0) is 45.6 Å². The van der Waals surface area contributed by atoms with Crippen LogP contribution < -0.4 is 0 Å². The second kappa shape index (κ2) is 9.03. The molecule has 0 rings (SSSR count). The molecule has 0 atom stereocenters. The Labute approximate surface area is 106 Å². The maximum absolute atomic E-state index is 11.3. The van der Waals surface area contributed by atoms with Gasteiger partial charge in [0.1, 0.15) is 6.61 Å². The van der Waals surface area contributed by atoms with Gasteiger partial charge in [0.05, 0.1) is 0 Å². The number of carbonyl (C=O) groups is 1. The van der Waals surface area contributed by atoms with E-state index in [-0.39, 0.29) is 5.97 Å². The van der Waals surface area contributed by atoms with Gasteiger partial charge in [-0.1, -0.05) is 31.1 Å². The number of hydrogen-bond acceptors (Lipinski definition) is 2. The van der Waals surface area contributed by atoms with E-state index in [4.69, 9.17) is 4.74 Å². The third-order valence-electron chi connectivity index (χ3n) is 2.34. The minimum Gasteiger partial charge on any atom is -0.461 e. The average Bonchev–Trinajstić information content (AvgIpc) is 2.15. The Morgan fingerprint density at radius 3 is 2.35 bits per heavy atom. The molecule has 0 aromatic heterocycles. The molecular weight excluding hydrogens is 212 g/mol. The van der Waals surface area contributed by atoms with Gasteiger partial charge in [0.25, 0.3) is 0 Å². The van der Waals surface area contributed by atoms with Crippen LogP contribution in [0.2, 0.25) is 0 Å². The van der Waals surface area contributed by atoms with E-state index < -0.39 is 0 Å². The highest BCUT2D eigenvalue weighted by molar-refractivity contribution is 5.69. The van der Waals surface area contributed by atoms with Gasteiger partial charge < -0.3 is 4.74 Å². The zero-order chi connectivity index (χ0) is 13.3. The topological polar surface area (TPSA) is 26.3 Å². The fraction of sp³-hybridized carbons (Fsp3) is 0.667. The number of esters is 1. The Morgan fingerprint density at radius 2 is 1.82 bits per heavy atom. The van der Waals surface area contributed by atoms with Crippen molar-refractivity contribution in [1.82, 2.24) is 0 Å². The summed E-state index contributed by atoms with van der Waals surface area (Å²) in [5.74, 6) is 0.263. The van der Waals surface area contributed by atoms with Gasteiger partial charge in [-0.2, -0.15) is 0 Å². The van der Waals surface area contributed by atoms with E-state index in [0.717, 1.165) is 12.8 Å². The first-order chi connectivity index (χ1) is 7.91. The second-order valence-electron chi connectivity index (χ2n) is 5.15. The van der Waals surface area contributed by atoms with Crippen molar-refractivity contribution >= 4 is 5.97 Å². The smallest absolute Gasteiger partial charge is 0.306 e. The Kier molecular flexibility index (Phi) is 8.47. The largest absolute Gasteiger partial charge is 0.461 e. The molecule has 0 unspecified atom stereocenters. The van der Waals surface area contributed by atoms with Crippen LogP contribution in [-0.2, 0) is 9.53 Å². The summed E-state index contributed by atoms with van der Waals surface area (Å²) in [7, 11) is 0. The predicted molar refractivity (Wildman–Crippen MR) is 72.8 cm³/mol. The van der Waals surface area contributed by atoms with Crippen LogP contribution in [0.1, 0.15) is 53.9 Å². The van der Waals surface area contributed by atoms with Crippen LogP contribution in [0.4, 0.5) is 0 Å². The summed E-state index contributed by atoms with van der Waals surface area (Å²) in [4.78, 5) is 11.3. The van der Waals surface area contributed by atoms with E-state index in [1.54, 1.807) is 0 Å². The number of hydrogen-bond donors (Lipinski definition) is 0. The van der Waals surface area contributed by atoms with Crippen molar-refractivity contribution in [2.75, 3.05) is 6.61 Å². The fourth-order valence-electron chi connectivity index (χ4n) is 1.36. The summed E-state index contributed by atoms with van der Waals surface area (Å²) >= 11 is 0. The molecule has 2 heteroatoms. The van der Waals surface area contributed by atoms with E-state index >= 15 is 0 Å². The average molecular weight is 238 g/mol. The third-order valence-corrected chi connectivity index (χ3v) is 2.34. The van der Waals surface area contributed by atoms with Crippen molar-refractivity contribution in [1.29, 1.82) is 0 Å². The number of carbonyl (C=O) groups excluding carboxylic acids is 1. The molecule has 0 amide bonds. The molecule has 0 saturated carbocycles. The molecule has 0 N–H and O–H groups in total. The summed E-state index contributed by atoms with van der Waals surface area (Å²) in [5, 5.41) is 0. The predicted octanol–water partition coefficient (Wildman–Crippen LogP) is 4.27. The molecular formula is C15H26O2. The molecule has 0 radical (unpaired) electrons. The minimum atomic E-state index is -0.103. The van der Waals surface area contributed by atoms with E-state index in [0.29, 0.717) is 18.9 Å². The number of rotatable bonds is 7. The minimum absolute atomic E-state index is 0.103. The van der Waals surface area contributed by atoms with Gasteiger partial charge in [0.2, 0.25) is 0 Å². The highest BCUT2D eigenvalue weighted by atomic mass is 16.5. The molecule has 0 fully saturated rings. The molecule has 0 aliphatic carbocycles. The van der Waals surface area contributed by atoms with Gasteiger partial charge in [-0.15, -0.1) is 0 Å². The highest BCUT2D eigenvalue weighted by Gasteiger charge is 2.04. The van der Waals surface area contributed by atoms with Gasteiger partial charge >= 0.3 is 5.97 Å². The zero-order valence-electron chi connectivity index (χ0n) is 11.9. The molecule has 0 aromatic carbocycles. The first-order valence-corrected chi connectivity index (χ1v) is 6.36. The van der Waals surface area contributed by atoms with E-state index in [2.05, 4.69) is 26.8 Å². The van der Waals surface area contributed by atoms with Gasteiger partial charge in [-0.3, -0.25) is 4.79 Å². The summed E-state index contributed by atoms with van der Waals surface area (Å²) in [6.07, 6.45) is 6.82. The summed E-state index contributed by atoms with van der Waals surface area (Å²) in [5.41, 5.74) is 2.63. The highest BCUT2D eigenvalue weighted by Crippen LogP contribution is 2.07. The van der Waals surface area contributed by atoms with Crippen molar-refractivity contribution in [3.8, 4) is 0 Å². The van der Waals surface area contributed by atoms with Crippen LogP contribution in [0.3, 0.4) is 0 Å². The molecule has 0 aliphatic rings. The van der Waals surface area contributed by atoms with Gasteiger partial charge in [0.15, 0.2) is 0 Å². The Bertz CT molecular complexity index is 281. The van der Waals surface area contributed by atoms with Crippen LogP contribution in [0.25, 0.3) is 0 Å². The lowest BCUT2D eigenvalue weighted by molar-refractivity contribution is -0.143. The quantitative estimate of drug-likeness (QED) is 0.489. The standard InChI is InChI=1S/C15H26O2/c1-12(2)7-6-8-14(5)9-10-17-15(16)11-13(3)4/h7,9,13H,6,8,10-11H2,1-5H3/b14-9+. The third kappa shape index (κ3) is 11.2. The molecule has 0 saturated heterocycles. The Hall–Kier alpha value is -1.05. The van der Waals surface area contributed by atoms with Crippen molar-refractivity contribution in [2.24, 2.45) is 5.92 Å². The number of allylic oxidation sites excluding steroid dienone is 3. The Balaban J connectivity index is 3.76. The lowest BCUT2D eigenvalue weighted by atomic mass is 10.1. The Morgan fingerprint density at radius 1 is 1.18 bits per heavy atom. The van der Waals surface area contributed by atoms with E-state index in [9.17, 15) is 4.79 Å². The molecule has 2 nitrogen and oxygen atoms in total. The summed E-state index contributed by atoms with van der Waals surface area (Å²) < 4.78 is 5.12. The van der Waals surface area contributed by atoms with Crippen LogP contribution >= 0.6 is 0 Å². The molecule has 0 heterocycles. The van der Waals surface area contributed by atoms with Crippen molar-refractivity contribution in [2.45, 2.75) is 53.9 Å². The fourth-order valence-corrected chi connectivity index (χ4v) is 1.36. The molecule has 98 valence electrons. The molecule has 0 spiro atoms. The van der Waals surface area contributed by atoms with Crippen LogP contribution in [0.15, 0.2) is 23.3 Å². The monoisotopic (exact) mass is 238 g/mol. The first-order valence-electron chi connectivity index (χ1n) is 6.36. The SMILES string of the molecule is CC(C)=CCC/C(C)=C/COC(=O)CC(C)C. The molecule has 0 aliphatic heterocycles. The van der Waals surface area contributed by atoms with E-state index in [1.165, 1.54) is 11.1 Å². The summed E-state index contributed by atoms with van der Waals surface area (Å²) in [6.45, 7) is 10.7. The van der Waals surface area contributed by atoms with Crippen molar-refractivity contribution in [3.05, 3.63) is 23.3 Å². The first kappa shape index (κ1) is 16.0. The maximum atomic E-state index is 11.3. The normalized spacial score (nSPS) is 11.5. The second-order valence-corrected chi connectivity index (χ2v) is 5.15. The molecule has 0 aromatic rings. The summed E-state index contributed by atoms with van der Waals surface area (Å²) in [6, 6.07) is 0. The zero-order valence-corrected chi connectivity index (χ0v) is 11.9. The van der Waals surface area contributed by atoms with Crippen LogP contribution in [-0.4, -0.2) is 12.6 Å². The lowest BCUT2D eigenvalue weighted by Gasteiger charge is -2.05. The number of ether oxygens (including phenoxy) is 1. The molecule has 0 bridgehead atoms. The van der Waals surface area contributed by atoms with Crippen molar-refractivity contribution in [3.63, 3.8) is 0 Å². The van der Waals surface area contributed by atoms with Crippen LogP contribution in [0, 0.1) is 5.92 Å².